The molecule has 1 N–H and O–H groups in total. The molecule has 118 valence electrons. The van der Waals surface area contributed by atoms with Crippen molar-refractivity contribution in [1.82, 2.24) is 0 Å². The smallest absolute Gasteiger partial charge is 0.316 e. The molecule has 3 rings (SSSR count). The van der Waals surface area contributed by atoms with Gasteiger partial charge in [-0.15, -0.1) is 0 Å². The van der Waals surface area contributed by atoms with Crippen LogP contribution < -0.4 is 10.2 Å². The minimum absolute atomic E-state index is 0.0690. The Morgan fingerprint density at radius 1 is 1.13 bits per heavy atom. The van der Waals surface area contributed by atoms with Crippen LogP contribution in [0.5, 0.6) is 0 Å². The van der Waals surface area contributed by atoms with Gasteiger partial charge < -0.3 is 10.2 Å². The van der Waals surface area contributed by atoms with Crippen LogP contribution in [0.15, 0.2) is 42.5 Å². The zero-order valence-electron chi connectivity index (χ0n) is 12.3. The van der Waals surface area contributed by atoms with Gasteiger partial charge in [-0.1, -0.05) is 47.5 Å². The van der Waals surface area contributed by atoms with Crippen molar-refractivity contribution in [2.45, 2.75) is 19.4 Å². The molecule has 1 unspecified atom stereocenters. The average Bonchev–Trinajstić information content (AvgIpc) is 2.86. The minimum Gasteiger partial charge on any atom is -0.316 e. The lowest BCUT2D eigenvalue weighted by Crippen LogP contribution is -2.43. The van der Waals surface area contributed by atoms with Crippen LogP contribution >= 0.6 is 23.2 Å². The Balaban J connectivity index is 1.83. The number of carbonyl (C=O) groups is 2. The number of amides is 2. The van der Waals surface area contributed by atoms with Gasteiger partial charge in [0.15, 0.2) is 0 Å². The molecule has 0 saturated carbocycles. The van der Waals surface area contributed by atoms with Gasteiger partial charge in [-0.25, -0.2) is 0 Å². The lowest BCUT2D eigenvalue weighted by Gasteiger charge is -2.22. The van der Waals surface area contributed by atoms with Crippen LogP contribution in [0, 0.1) is 0 Å². The van der Waals surface area contributed by atoms with Crippen LogP contribution in [0.25, 0.3) is 0 Å². The quantitative estimate of drug-likeness (QED) is 0.794. The first-order valence-corrected chi connectivity index (χ1v) is 7.91. The van der Waals surface area contributed by atoms with Crippen molar-refractivity contribution in [2.75, 3.05) is 10.2 Å². The number of nitrogens with zero attached hydrogens (tertiary/aromatic N) is 1. The molecule has 0 bridgehead atoms. The molecule has 4 nitrogen and oxygen atoms in total. The van der Waals surface area contributed by atoms with E-state index in [4.69, 9.17) is 23.2 Å². The Hall–Kier alpha value is -2.04. The Bertz CT molecular complexity index is 792. The predicted octanol–water partition coefficient (Wildman–Crippen LogP) is 3.91. The maximum Gasteiger partial charge on any atom is 0.316 e. The molecular formula is C17H14Cl2N2O2. The van der Waals surface area contributed by atoms with E-state index in [9.17, 15) is 9.59 Å². The molecule has 0 saturated heterocycles. The van der Waals surface area contributed by atoms with E-state index in [2.05, 4.69) is 5.32 Å². The lowest BCUT2D eigenvalue weighted by molar-refractivity contribution is -0.134. The largest absolute Gasteiger partial charge is 0.316 e. The Kier molecular flexibility index (Phi) is 4.28. The number of nitrogens with one attached hydrogen (secondary N) is 1. The summed E-state index contributed by atoms with van der Waals surface area (Å²) in [7, 11) is 0. The van der Waals surface area contributed by atoms with Gasteiger partial charge in [0.25, 0.3) is 0 Å². The van der Waals surface area contributed by atoms with Crippen molar-refractivity contribution >= 4 is 46.4 Å². The number of anilines is 2. The third-order valence-corrected chi connectivity index (χ3v) is 4.64. The van der Waals surface area contributed by atoms with Crippen LogP contribution in [0.2, 0.25) is 10.0 Å². The highest BCUT2D eigenvalue weighted by molar-refractivity contribution is 6.47. The van der Waals surface area contributed by atoms with Crippen LogP contribution in [0.1, 0.15) is 12.5 Å². The van der Waals surface area contributed by atoms with E-state index in [0.29, 0.717) is 10.7 Å². The molecule has 0 spiro atoms. The SMILES string of the molecule is CC1Cc2ccccc2N1C(=O)C(=O)Nc1cccc(Cl)c1Cl. The first-order chi connectivity index (χ1) is 11.0. The van der Waals surface area contributed by atoms with Crippen molar-refractivity contribution in [3.05, 3.63) is 58.1 Å². The van der Waals surface area contributed by atoms with Gasteiger partial charge in [-0.3, -0.25) is 9.59 Å². The molecule has 0 fully saturated rings. The van der Waals surface area contributed by atoms with E-state index >= 15 is 0 Å². The molecule has 2 aromatic carbocycles. The second kappa shape index (κ2) is 6.22. The maximum atomic E-state index is 12.6. The highest BCUT2D eigenvalue weighted by Crippen LogP contribution is 2.33. The predicted molar refractivity (Wildman–Crippen MR) is 92.2 cm³/mol. The number of hydrogen-bond donors (Lipinski definition) is 1. The first-order valence-electron chi connectivity index (χ1n) is 7.15. The molecule has 2 aromatic rings. The molecule has 1 atom stereocenters. The van der Waals surface area contributed by atoms with Gasteiger partial charge >= 0.3 is 11.8 Å². The lowest BCUT2D eigenvalue weighted by atomic mass is 10.1. The summed E-state index contributed by atoms with van der Waals surface area (Å²) in [5.41, 5.74) is 2.15. The number of carbonyl (C=O) groups excluding carboxylic acids is 2. The highest BCUT2D eigenvalue weighted by atomic mass is 35.5. The normalized spacial score (nSPS) is 16.1. The Labute approximate surface area is 144 Å². The summed E-state index contributed by atoms with van der Waals surface area (Å²) in [5.74, 6) is -1.35. The number of benzene rings is 2. The molecule has 23 heavy (non-hydrogen) atoms. The summed E-state index contributed by atoms with van der Waals surface area (Å²) in [6, 6.07) is 12.4. The summed E-state index contributed by atoms with van der Waals surface area (Å²) in [6.07, 6.45) is 0.729. The van der Waals surface area contributed by atoms with Gasteiger partial charge in [0.05, 0.1) is 15.7 Å². The zero-order chi connectivity index (χ0) is 16.6. The van der Waals surface area contributed by atoms with Crippen molar-refractivity contribution in [2.24, 2.45) is 0 Å². The second-order valence-corrected chi connectivity index (χ2v) is 6.20. The van der Waals surface area contributed by atoms with Gasteiger partial charge in [0, 0.05) is 11.7 Å². The monoisotopic (exact) mass is 348 g/mol. The van der Waals surface area contributed by atoms with Crippen LogP contribution in [-0.2, 0) is 16.0 Å². The van der Waals surface area contributed by atoms with Crippen molar-refractivity contribution in [1.29, 1.82) is 0 Å². The second-order valence-electron chi connectivity index (χ2n) is 5.41. The number of fused-ring (bicyclic) bond motifs is 1. The third kappa shape index (κ3) is 2.92. The Morgan fingerprint density at radius 2 is 1.87 bits per heavy atom. The van der Waals surface area contributed by atoms with Gasteiger partial charge in [-0.2, -0.15) is 0 Å². The fourth-order valence-electron chi connectivity index (χ4n) is 2.76. The fourth-order valence-corrected chi connectivity index (χ4v) is 3.11. The zero-order valence-corrected chi connectivity index (χ0v) is 13.9. The molecule has 0 aliphatic carbocycles. The van der Waals surface area contributed by atoms with Gasteiger partial charge in [0.1, 0.15) is 0 Å². The summed E-state index contributed by atoms with van der Waals surface area (Å²) < 4.78 is 0. The molecule has 1 heterocycles. The van der Waals surface area contributed by atoms with Crippen LogP contribution in [0.4, 0.5) is 11.4 Å². The molecule has 6 heteroatoms. The third-order valence-electron chi connectivity index (χ3n) is 3.82. The molecule has 2 amide bonds. The van der Waals surface area contributed by atoms with E-state index in [0.717, 1.165) is 17.7 Å². The number of hydrogen-bond acceptors (Lipinski definition) is 2. The van der Waals surface area contributed by atoms with Crippen molar-refractivity contribution < 1.29 is 9.59 Å². The molecular weight excluding hydrogens is 335 g/mol. The van der Waals surface area contributed by atoms with Gasteiger partial charge in [0.2, 0.25) is 0 Å². The maximum absolute atomic E-state index is 12.6. The summed E-state index contributed by atoms with van der Waals surface area (Å²) >= 11 is 12.0. The van der Waals surface area contributed by atoms with E-state index in [1.807, 2.05) is 31.2 Å². The fraction of sp³-hybridized carbons (Fsp3) is 0.176. The topological polar surface area (TPSA) is 49.4 Å². The number of rotatable bonds is 1. The van der Waals surface area contributed by atoms with Crippen molar-refractivity contribution in [3.8, 4) is 0 Å². The molecule has 0 aromatic heterocycles. The standard InChI is InChI=1S/C17H14Cl2N2O2/c1-10-9-11-5-2-3-8-14(11)21(10)17(23)16(22)20-13-7-4-6-12(18)15(13)19/h2-8,10H,9H2,1H3,(H,20,22). The van der Waals surface area contributed by atoms with E-state index in [-0.39, 0.29) is 11.1 Å². The van der Waals surface area contributed by atoms with E-state index < -0.39 is 11.8 Å². The number of halogens is 2. The summed E-state index contributed by atoms with van der Waals surface area (Å²) in [6.45, 7) is 1.91. The van der Waals surface area contributed by atoms with Crippen LogP contribution in [0.3, 0.4) is 0 Å². The summed E-state index contributed by atoms with van der Waals surface area (Å²) in [4.78, 5) is 26.4. The highest BCUT2D eigenvalue weighted by Gasteiger charge is 2.34. The first kappa shape index (κ1) is 15.8. The van der Waals surface area contributed by atoms with E-state index in [1.165, 1.54) is 4.90 Å². The molecule has 1 aliphatic heterocycles. The molecule has 0 radical (unpaired) electrons. The average molecular weight is 349 g/mol. The summed E-state index contributed by atoms with van der Waals surface area (Å²) in [5, 5.41) is 3.06. The van der Waals surface area contributed by atoms with E-state index in [1.54, 1.807) is 18.2 Å². The molecule has 1 aliphatic rings. The van der Waals surface area contributed by atoms with Crippen LogP contribution in [-0.4, -0.2) is 17.9 Å². The van der Waals surface area contributed by atoms with Gasteiger partial charge in [-0.05, 0) is 37.1 Å². The van der Waals surface area contributed by atoms with Crippen molar-refractivity contribution in [3.63, 3.8) is 0 Å². The minimum atomic E-state index is -0.738. The number of para-hydroxylation sites is 1. The Morgan fingerprint density at radius 3 is 2.65 bits per heavy atom.